The van der Waals surface area contributed by atoms with E-state index in [9.17, 15) is 13.2 Å². The molecule has 0 aliphatic rings. The van der Waals surface area contributed by atoms with E-state index in [1.807, 2.05) is 0 Å². The van der Waals surface area contributed by atoms with E-state index in [1.54, 1.807) is 19.9 Å². The van der Waals surface area contributed by atoms with Crippen molar-refractivity contribution in [2.24, 2.45) is 5.73 Å². The fourth-order valence-electron chi connectivity index (χ4n) is 1.01. The summed E-state index contributed by atoms with van der Waals surface area (Å²) in [5, 5.41) is 10.3. The molecule has 0 aromatic heterocycles. The molecular weight excluding hydrogens is 218 g/mol. The highest BCUT2D eigenvalue weighted by Gasteiger charge is 2.24. The Balaban J connectivity index is 4.29. The molecule has 6 nitrogen and oxygen atoms in total. The van der Waals surface area contributed by atoms with Crippen LogP contribution in [0.5, 0.6) is 0 Å². The van der Waals surface area contributed by atoms with Crippen LogP contribution in [0.1, 0.15) is 13.8 Å². The average Bonchev–Trinajstić information content (AvgIpc) is 1.94. The van der Waals surface area contributed by atoms with Crippen LogP contribution in [-0.2, 0) is 14.6 Å². The van der Waals surface area contributed by atoms with E-state index in [0.717, 1.165) is 0 Å². The number of nitrogens with two attached hydrogens (primary N) is 1. The summed E-state index contributed by atoms with van der Waals surface area (Å²) in [6, 6.07) is 1.68. The molecule has 0 aliphatic heterocycles. The summed E-state index contributed by atoms with van der Waals surface area (Å²) < 4.78 is 22.8. The Morgan fingerprint density at radius 2 is 2.07 bits per heavy atom. The SMILES string of the molecule is CC(C)(N)CS(=O)(=O)CC(=O)NCC#N. The first-order valence-electron chi connectivity index (χ1n) is 4.29. The lowest BCUT2D eigenvalue weighted by Crippen LogP contribution is -2.42. The lowest BCUT2D eigenvalue weighted by atomic mass is 10.1. The third-order valence-electron chi connectivity index (χ3n) is 1.31. The van der Waals surface area contributed by atoms with Crippen LogP contribution in [0.3, 0.4) is 0 Å². The second-order valence-electron chi connectivity index (χ2n) is 3.96. The molecule has 0 heterocycles. The number of hydrogen-bond donors (Lipinski definition) is 2. The molecule has 0 bridgehead atoms. The Bertz CT molecular complexity index is 362. The maximum atomic E-state index is 11.4. The van der Waals surface area contributed by atoms with Gasteiger partial charge in [0.2, 0.25) is 5.91 Å². The summed E-state index contributed by atoms with van der Waals surface area (Å²) in [7, 11) is -3.52. The molecule has 15 heavy (non-hydrogen) atoms. The van der Waals surface area contributed by atoms with Gasteiger partial charge in [0.25, 0.3) is 0 Å². The molecule has 0 spiro atoms. The summed E-state index contributed by atoms with van der Waals surface area (Å²) in [5.74, 6) is -1.57. The van der Waals surface area contributed by atoms with Crippen molar-refractivity contribution in [2.45, 2.75) is 19.4 Å². The molecule has 0 aliphatic carbocycles. The van der Waals surface area contributed by atoms with Gasteiger partial charge < -0.3 is 11.1 Å². The van der Waals surface area contributed by atoms with Gasteiger partial charge in [-0.1, -0.05) is 0 Å². The Labute approximate surface area is 89.4 Å². The predicted molar refractivity (Wildman–Crippen MR) is 55.5 cm³/mol. The summed E-state index contributed by atoms with van der Waals surface area (Å²) in [6.07, 6.45) is 0. The highest BCUT2D eigenvalue weighted by atomic mass is 32.2. The molecule has 0 atom stereocenters. The van der Waals surface area contributed by atoms with Crippen LogP contribution >= 0.6 is 0 Å². The van der Waals surface area contributed by atoms with Crippen molar-refractivity contribution in [3.8, 4) is 6.07 Å². The van der Waals surface area contributed by atoms with Crippen molar-refractivity contribution in [1.29, 1.82) is 5.26 Å². The minimum Gasteiger partial charge on any atom is -0.342 e. The topological polar surface area (TPSA) is 113 Å². The molecule has 0 aromatic carbocycles. The molecule has 0 saturated carbocycles. The predicted octanol–water partition coefficient (Wildman–Crippen LogP) is -1.22. The third kappa shape index (κ3) is 7.90. The number of carbonyl (C=O) groups excluding carboxylic acids is 1. The maximum Gasteiger partial charge on any atom is 0.236 e. The molecule has 0 rings (SSSR count). The Hall–Kier alpha value is -1.13. The largest absolute Gasteiger partial charge is 0.342 e. The van der Waals surface area contributed by atoms with Crippen molar-refractivity contribution in [3.63, 3.8) is 0 Å². The van der Waals surface area contributed by atoms with Crippen molar-refractivity contribution >= 4 is 15.7 Å². The zero-order valence-corrected chi connectivity index (χ0v) is 9.60. The number of nitriles is 1. The van der Waals surface area contributed by atoms with Gasteiger partial charge in [-0.25, -0.2) is 8.42 Å². The number of rotatable bonds is 5. The normalized spacial score (nSPS) is 11.9. The van der Waals surface area contributed by atoms with Crippen molar-refractivity contribution in [3.05, 3.63) is 0 Å². The van der Waals surface area contributed by atoms with E-state index in [-0.39, 0.29) is 12.3 Å². The van der Waals surface area contributed by atoms with Gasteiger partial charge in [-0.2, -0.15) is 5.26 Å². The van der Waals surface area contributed by atoms with E-state index < -0.39 is 27.0 Å². The van der Waals surface area contributed by atoms with E-state index in [2.05, 4.69) is 5.32 Å². The van der Waals surface area contributed by atoms with Gasteiger partial charge in [0.05, 0.1) is 11.8 Å². The van der Waals surface area contributed by atoms with Crippen LogP contribution in [-0.4, -0.2) is 37.9 Å². The average molecular weight is 233 g/mol. The third-order valence-corrected chi connectivity index (χ3v) is 3.19. The first kappa shape index (κ1) is 13.9. The first-order chi connectivity index (χ1) is 6.66. The van der Waals surface area contributed by atoms with Gasteiger partial charge in [0.1, 0.15) is 12.3 Å². The van der Waals surface area contributed by atoms with Crippen molar-refractivity contribution < 1.29 is 13.2 Å². The van der Waals surface area contributed by atoms with Gasteiger partial charge in [-0.05, 0) is 13.8 Å². The highest BCUT2D eigenvalue weighted by Crippen LogP contribution is 2.03. The lowest BCUT2D eigenvalue weighted by Gasteiger charge is -2.17. The second-order valence-corrected chi connectivity index (χ2v) is 6.02. The summed E-state index contributed by atoms with van der Waals surface area (Å²) >= 11 is 0. The summed E-state index contributed by atoms with van der Waals surface area (Å²) in [6.45, 7) is 2.94. The van der Waals surface area contributed by atoms with Gasteiger partial charge >= 0.3 is 0 Å². The first-order valence-corrected chi connectivity index (χ1v) is 6.11. The summed E-state index contributed by atoms with van der Waals surface area (Å²) in [4.78, 5) is 11.0. The second kappa shape index (κ2) is 5.09. The number of carbonyl (C=O) groups is 1. The number of hydrogen-bond acceptors (Lipinski definition) is 5. The standard InChI is InChI=1S/C8H15N3O3S/c1-8(2,10)6-15(13,14)5-7(12)11-4-3-9/h4-6,10H2,1-2H3,(H,11,12). The molecule has 1 amide bonds. The van der Waals surface area contributed by atoms with E-state index in [4.69, 9.17) is 11.0 Å². The highest BCUT2D eigenvalue weighted by molar-refractivity contribution is 7.92. The van der Waals surface area contributed by atoms with E-state index >= 15 is 0 Å². The van der Waals surface area contributed by atoms with Gasteiger partial charge in [0, 0.05) is 5.54 Å². The zero-order valence-electron chi connectivity index (χ0n) is 8.78. The van der Waals surface area contributed by atoms with Gasteiger partial charge in [-0.3, -0.25) is 4.79 Å². The van der Waals surface area contributed by atoms with Crippen LogP contribution in [0, 0.1) is 11.3 Å². The van der Waals surface area contributed by atoms with Crippen LogP contribution in [0.2, 0.25) is 0 Å². The molecule has 0 fully saturated rings. The zero-order chi connectivity index (χ0) is 12.1. The molecule has 0 aromatic rings. The Morgan fingerprint density at radius 1 is 1.53 bits per heavy atom. The number of sulfone groups is 1. The monoisotopic (exact) mass is 233 g/mol. The minimum atomic E-state index is -3.52. The van der Waals surface area contributed by atoms with Crippen molar-refractivity contribution in [1.82, 2.24) is 5.32 Å². The molecule has 3 N–H and O–H groups in total. The van der Waals surface area contributed by atoms with Gasteiger partial charge in [-0.15, -0.1) is 0 Å². The van der Waals surface area contributed by atoms with Crippen molar-refractivity contribution in [2.75, 3.05) is 18.1 Å². The smallest absolute Gasteiger partial charge is 0.236 e. The van der Waals surface area contributed by atoms with Crippen LogP contribution in [0.15, 0.2) is 0 Å². The fraction of sp³-hybridized carbons (Fsp3) is 0.750. The minimum absolute atomic E-state index is 0.194. The van der Waals surface area contributed by atoms with E-state index in [1.165, 1.54) is 0 Å². The number of nitrogens with zero attached hydrogens (tertiary/aromatic N) is 1. The van der Waals surface area contributed by atoms with Gasteiger partial charge in [0.15, 0.2) is 9.84 Å². The Morgan fingerprint density at radius 3 is 2.47 bits per heavy atom. The quantitative estimate of drug-likeness (QED) is 0.578. The molecule has 0 radical (unpaired) electrons. The fourth-order valence-corrected chi connectivity index (χ4v) is 2.74. The number of amides is 1. The van der Waals surface area contributed by atoms with Crippen LogP contribution < -0.4 is 11.1 Å². The maximum absolute atomic E-state index is 11.4. The lowest BCUT2D eigenvalue weighted by molar-refractivity contribution is -0.118. The molecule has 86 valence electrons. The molecule has 0 unspecified atom stereocenters. The molecular formula is C8H15N3O3S. The molecule has 7 heteroatoms. The van der Waals surface area contributed by atoms with Crippen LogP contribution in [0.4, 0.5) is 0 Å². The Kier molecular flexibility index (Phi) is 4.71. The molecule has 0 saturated heterocycles. The van der Waals surface area contributed by atoms with Crippen LogP contribution in [0.25, 0.3) is 0 Å². The number of nitrogens with one attached hydrogen (secondary N) is 1. The van der Waals surface area contributed by atoms with E-state index in [0.29, 0.717) is 0 Å². The summed E-state index contributed by atoms with van der Waals surface area (Å²) in [5.41, 5.74) is 4.67.